The zero-order chi connectivity index (χ0) is 31.1. The first-order valence-corrected chi connectivity index (χ1v) is 15.3. The van der Waals surface area contributed by atoms with Gasteiger partial charge in [0.25, 0.3) is 0 Å². The molecule has 0 bridgehead atoms. The third kappa shape index (κ3) is 6.27. The summed E-state index contributed by atoms with van der Waals surface area (Å²) in [6.45, 7) is 3.31. The van der Waals surface area contributed by atoms with Gasteiger partial charge in [-0.2, -0.15) is 0 Å². The highest BCUT2D eigenvalue weighted by Crippen LogP contribution is 2.44. The third-order valence-corrected chi connectivity index (χ3v) is 8.83. The van der Waals surface area contributed by atoms with Crippen LogP contribution >= 0.6 is 11.3 Å². The fraction of sp³-hybridized carbons (Fsp3) is 0.303. The largest absolute Gasteiger partial charge is 0.478 e. The number of aromatic nitrogens is 5. The van der Waals surface area contributed by atoms with Crippen molar-refractivity contribution < 1.29 is 28.2 Å². The van der Waals surface area contributed by atoms with Gasteiger partial charge in [0.15, 0.2) is 10.0 Å². The molecule has 1 saturated carbocycles. The highest BCUT2D eigenvalue weighted by Gasteiger charge is 2.35. The molecule has 5 aromatic rings. The van der Waals surface area contributed by atoms with Crippen molar-refractivity contribution in [3.8, 4) is 29.0 Å². The quantitative estimate of drug-likeness (QED) is 0.197. The molecule has 3 aromatic heterocycles. The van der Waals surface area contributed by atoms with Crippen LogP contribution in [0.3, 0.4) is 0 Å². The smallest absolute Gasteiger partial charge is 0.335 e. The van der Waals surface area contributed by atoms with Crippen LogP contribution < -0.4 is 4.74 Å². The Balaban J connectivity index is 1.10. The van der Waals surface area contributed by atoms with Crippen LogP contribution in [0.15, 0.2) is 48.5 Å². The number of carboxylic acid groups (broad SMARTS) is 1. The van der Waals surface area contributed by atoms with Crippen LogP contribution in [0.25, 0.3) is 22.3 Å². The lowest BCUT2D eigenvalue weighted by molar-refractivity contribution is -0.0589. The van der Waals surface area contributed by atoms with Gasteiger partial charge >= 0.3 is 5.97 Å². The van der Waals surface area contributed by atoms with Crippen LogP contribution in [0.1, 0.15) is 57.9 Å². The first-order valence-electron chi connectivity index (χ1n) is 14.5. The highest BCUT2D eigenvalue weighted by molar-refractivity contribution is 7.11. The van der Waals surface area contributed by atoms with Crippen LogP contribution in [-0.2, 0) is 24.3 Å². The monoisotopic (exact) mass is 627 g/mol. The number of benzene rings is 2. The standard InChI is InChI=1S/C33H27F2N5O4S/c1-33(10-11-33)9-7-30-38-39-31(45-30)18-44-29-4-2-3-25(37-29)22-16-23(34)20(13-24(22)35)15-28-36-26-6-5-19(32(41)42)14-27(26)40(28)17-21-8-12-43-21/h2-6,13-14,16,21H,8,10-12,15,17-18H2,1H3,(H,41,42). The molecule has 0 radical (unpaired) electrons. The van der Waals surface area contributed by atoms with Gasteiger partial charge in [0.1, 0.15) is 24.1 Å². The molecular weight excluding hydrogens is 600 g/mol. The maximum atomic E-state index is 15.5. The lowest BCUT2D eigenvalue weighted by Crippen LogP contribution is -2.31. The number of hydrogen-bond donors (Lipinski definition) is 1. The average Bonchev–Trinajstić information content (AvgIpc) is 3.41. The number of ether oxygens (including phenoxy) is 2. The van der Waals surface area contributed by atoms with Gasteiger partial charge < -0.3 is 19.1 Å². The molecule has 2 aromatic carbocycles. The van der Waals surface area contributed by atoms with E-state index in [1.54, 1.807) is 30.3 Å². The first-order chi connectivity index (χ1) is 21.7. The summed E-state index contributed by atoms with van der Waals surface area (Å²) in [6.07, 6.45) is 2.98. The maximum absolute atomic E-state index is 15.5. The molecule has 1 unspecified atom stereocenters. The van der Waals surface area contributed by atoms with E-state index >= 15 is 8.78 Å². The van der Waals surface area contributed by atoms with Gasteiger partial charge in [0, 0.05) is 30.1 Å². The second-order valence-corrected chi connectivity index (χ2v) is 12.6. The van der Waals surface area contributed by atoms with Crippen LogP contribution in [0.2, 0.25) is 0 Å². The van der Waals surface area contributed by atoms with Crippen LogP contribution in [0.5, 0.6) is 5.88 Å². The predicted molar refractivity (Wildman–Crippen MR) is 162 cm³/mol. The minimum atomic E-state index is -1.06. The molecule has 0 amide bonds. The van der Waals surface area contributed by atoms with Crippen molar-refractivity contribution in [3.05, 3.63) is 87.1 Å². The number of imidazole rings is 1. The topological polar surface area (TPSA) is 112 Å². The lowest BCUT2D eigenvalue weighted by Gasteiger charge is -2.27. The Morgan fingerprint density at radius 3 is 2.76 bits per heavy atom. The Morgan fingerprint density at radius 2 is 2.00 bits per heavy atom. The van der Waals surface area contributed by atoms with Crippen molar-refractivity contribution in [1.82, 2.24) is 24.7 Å². The van der Waals surface area contributed by atoms with Gasteiger partial charge in [-0.15, -0.1) is 10.2 Å². The van der Waals surface area contributed by atoms with Gasteiger partial charge in [-0.05, 0) is 74.1 Å². The molecule has 1 aliphatic carbocycles. The van der Waals surface area contributed by atoms with Gasteiger partial charge in [0.2, 0.25) is 5.88 Å². The van der Waals surface area contributed by atoms with E-state index in [0.29, 0.717) is 40.0 Å². The summed E-state index contributed by atoms with van der Waals surface area (Å²) in [7, 11) is 0. The van der Waals surface area contributed by atoms with Gasteiger partial charge in [-0.25, -0.2) is 23.5 Å². The molecule has 1 saturated heterocycles. The van der Waals surface area contributed by atoms with E-state index in [1.165, 1.54) is 17.4 Å². The molecule has 12 heteroatoms. The van der Waals surface area contributed by atoms with Crippen molar-refractivity contribution in [2.24, 2.45) is 5.41 Å². The predicted octanol–water partition coefficient (Wildman–Crippen LogP) is 6.04. The molecule has 7 rings (SSSR count). The Bertz CT molecular complexity index is 2010. The van der Waals surface area contributed by atoms with Gasteiger partial charge in [-0.3, -0.25) is 0 Å². The molecule has 228 valence electrons. The van der Waals surface area contributed by atoms with Crippen molar-refractivity contribution in [2.45, 2.75) is 51.9 Å². The van der Waals surface area contributed by atoms with E-state index in [1.807, 2.05) is 4.57 Å². The zero-order valence-corrected chi connectivity index (χ0v) is 25.0. The number of nitrogens with zero attached hydrogens (tertiary/aromatic N) is 5. The summed E-state index contributed by atoms with van der Waals surface area (Å²) in [5.74, 6) is 4.69. The normalized spacial score (nSPS) is 16.6. The summed E-state index contributed by atoms with van der Waals surface area (Å²) < 4.78 is 44.2. The Morgan fingerprint density at radius 1 is 1.16 bits per heavy atom. The van der Waals surface area contributed by atoms with Crippen molar-refractivity contribution in [1.29, 1.82) is 0 Å². The van der Waals surface area contributed by atoms with E-state index in [9.17, 15) is 9.90 Å². The van der Waals surface area contributed by atoms with E-state index in [4.69, 9.17) is 9.47 Å². The van der Waals surface area contributed by atoms with E-state index in [0.717, 1.165) is 31.4 Å². The van der Waals surface area contributed by atoms with Gasteiger partial charge in [0.05, 0.1) is 34.9 Å². The summed E-state index contributed by atoms with van der Waals surface area (Å²) in [6, 6.07) is 11.8. The Kier molecular flexibility index (Phi) is 7.51. The number of carboxylic acids is 1. The maximum Gasteiger partial charge on any atom is 0.335 e. The Labute approximate surface area is 260 Å². The number of carbonyl (C=O) groups is 1. The number of aromatic carboxylic acids is 1. The fourth-order valence-electron chi connectivity index (χ4n) is 5.03. The number of rotatable bonds is 9. The minimum absolute atomic E-state index is 0.00310. The highest BCUT2D eigenvalue weighted by atomic mass is 32.1. The van der Waals surface area contributed by atoms with Crippen LogP contribution in [-0.4, -0.2) is 48.5 Å². The number of pyridine rings is 1. The molecule has 4 heterocycles. The molecule has 1 aliphatic heterocycles. The number of halogens is 2. The SMILES string of the molecule is CC1(C#Cc2nnc(COc3cccc(-c4cc(F)c(Cc5nc6ccc(C(=O)O)cc6n5CC5CCO5)cc4F)n3)s2)CC1. The number of hydrogen-bond acceptors (Lipinski definition) is 8. The second kappa shape index (κ2) is 11.6. The molecule has 45 heavy (non-hydrogen) atoms. The summed E-state index contributed by atoms with van der Waals surface area (Å²) in [5.41, 5.74) is 1.70. The molecule has 9 nitrogen and oxygen atoms in total. The second-order valence-electron chi connectivity index (χ2n) is 11.5. The van der Waals surface area contributed by atoms with E-state index in [2.05, 4.69) is 38.9 Å². The van der Waals surface area contributed by atoms with E-state index < -0.39 is 17.6 Å². The molecular formula is C33H27F2N5O4S. The van der Waals surface area contributed by atoms with Crippen molar-refractivity contribution in [3.63, 3.8) is 0 Å². The molecule has 2 aliphatic rings. The molecule has 1 atom stereocenters. The average molecular weight is 628 g/mol. The Hall–Kier alpha value is -4.73. The fourth-order valence-corrected chi connectivity index (χ4v) is 5.63. The van der Waals surface area contributed by atoms with Crippen LogP contribution in [0, 0.1) is 28.9 Å². The molecule has 1 N–H and O–H groups in total. The molecule has 2 fully saturated rings. The van der Waals surface area contributed by atoms with Gasteiger partial charge in [-0.1, -0.05) is 23.3 Å². The number of fused-ring (bicyclic) bond motifs is 1. The lowest BCUT2D eigenvalue weighted by atomic mass is 10.0. The van der Waals surface area contributed by atoms with Crippen molar-refractivity contribution in [2.75, 3.05) is 6.61 Å². The molecule has 0 spiro atoms. The zero-order valence-electron chi connectivity index (χ0n) is 24.2. The van der Waals surface area contributed by atoms with E-state index in [-0.39, 0.29) is 52.8 Å². The van der Waals surface area contributed by atoms with Crippen molar-refractivity contribution >= 4 is 28.3 Å². The third-order valence-electron chi connectivity index (χ3n) is 8.02. The summed E-state index contributed by atoms with van der Waals surface area (Å²) in [4.78, 5) is 20.6. The first kappa shape index (κ1) is 29.0. The summed E-state index contributed by atoms with van der Waals surface area (Å²) >= 11 is 1.34. The van der Waals surface area contributed by atoms with Crippen LogP contribution in [0.4, 0.5) is 8.78 Å². The minimum Gasteiger partial charge on any atom is -0.478 e. The summed E-state index contributed by atoms with van der Waals surface area (Å²) in [5, 5.41) is 19.0.